The number of allylic oxidation sites excluding steroid dienone is 1. The van der Waals surface area contributed by atoms with E-state index in [2.05, 4.69) is 11.6 Å². The minimum atomic E-state index is -0.639. The van der Waals surface area contributed by atoms with Gasteiger partial charge in [0.1, 0.15) is 0 Å². The molecular formula is C14H12FNO. The summed E-state index contributed by atoms with van der Waals surface area (Å²) in [7, 11) is 0. The Morgan fingerprint density at radius 2 is 2.12 bits per heavy atom. The molecule has 1 aromatic heterocycles. The van der Waals surface area contributed by atoms with Crippen molar-refractivity contribution < 1.29 is 9.50 Å². The summed E-state index contributed by atoms with van der Waals surface area (Å²) in [5.74, 6) is -0.989. The summed E-state index contributed by atoms with van der Waals surface area (Å²) in [6.07, 6.45) is 4.30. The van der Waals surface area contributed by atoms with Crippen molar-refractivity contribution in [2.45, 2.75) is 6.42 Å². The van der Waals surface area contributed by atoms with E-state index in [0.29, 0.717) is 11.3 Å². The predicted molar refractivity (Wildman–Crippen MR) is 65.2 cm³/mol. The van der Waals surface area contributed by atoms with E-state index < -0.39 is 5.82 Å². The number of phenols is 1. The van der Waals surface area contributed by atoms with Crippen LogP contribution < -0.4 is 0 Å². The summed E-state index contributed by atoms with van der Waals surface area (Å²) in [5, 5.41) is 9.10. The molecule has 0 fully saturated rings. The second-order valence-corrected chi connectivity index (χ2v) is 3.71. The second-order valence-electron chi connectivity index (χ2n) is 3.71. The van der Waals surface area contributed by atoms with Crippen LogP contribution in [0.1, 0.15) is 5.56 Å². The SMILES string of the molecule is C=CCc1ccc(-c2ccc(O)c(F)c2)nc1. The maximum absolute atomic E-state index is 13.2. The standard InChI is InChI=1S/C14H12FNO/c1-2-3-10-4-6-13(16-9-10)11-5-7-14(17)12(15)8-11/h2,4-9,17H,1,3H2. The lowest BCUT2D eigenvalue weighted by Gasteiger charge is -2.03. The fourth-order valence-electron chi connectivity index (χ4n) is 1.55. The molecule has 2 aromatic rings. The van der Waals surface area contributed by atoms with Crippen molar-refractivity contribution in [2.75, 3.05) is 0 Å². The van der Waals surface area contributed by atoms with E-state index in [-0.39, 0.29) is 5.75 Å². The first-order valence-corrected chi connectivity index (χ1v) is 5.25. The molecule has 0 aliphatic heterocycles. The molecule has 0 saturated heterocycles. The third-order valence-electron chi connectivity index (χ3n) is 2.45. The number of aromatic nitrogens is 1. The van der Waals surface area contributed by atoms with E-state index in [1.807, 2.05) is 12.1 Å². The number of hydrogen-bond donors (Lipinski definition) is 1. The lowest BCUT2D eigenvalue weighted by atomic mass is 10.1. The van der Waals surface area contributed by atoms with Crippen molar-refractivity contribution in [3.05, 3.63) is 60.6 Å². The molecule has 2 nitrogen and oxygen atoms in total. The summed E-state index contributed by atoms with van der Waals surface area (Å²) >= 11 is 0. The Balaban J connectivity index is 2.32. The van der Waals surface area contributed by atoms with Gasteiger partial charge in [-0.3, -0.25) is 4.98 Å². The molecule has 0 amide bonds. The highest BCUT2D eigenvalue weighted by atomic mass is 19.1. The van der Waals surface area contributed by atoms with Gasteiger partial charge in [0.15, 0.2) is 11.6 Å². The quantitative estimate of drug-likeness (QED) is 0.819. The molecule has 17 heavy (non-hydrogen) atoms. The summed E-state index contributed by atoms with van der Waals surface area (Å²) < 4.78 is 13.2. The van der Waals surface area contributed by atoms with Gasteiger partial charge in [0, 0.05) is 11.8 Å². The average Bonchev–Trinajstić information content (AvgIpc) is 2.34. The Morgan fingerprint density at radius 3 is 2.71 bits per heavy atom. The Labute approximate surface area is 99.1 Å². The fourth-order valence-corrected chi connectivity index (χ4v) is 1.55. The molecular weight excluding hydrogens is 217 g/mol. The van der Waals surface area contributed by atoms with E-state index in [9.17, 15) is 4.39 Å². The van der Waals surface area contributed by atoms with Crippen LogP contribution >= 0.6 is 0 Å². The number of nitrogens with zero attached hydrogens (tertiary/aromatic N) is 1. The first kappa shape index (κ1) is 11.3. The lowest BCUT2D eigenvalue weighted by molar-refractivity contribution is 0.432. The highest BCUT2D eigenvalue weighted by molar-refractivity contribution is 5.60. The number of aromatic hydroxyl groups is 1. The summed E-state index contributed by atoms with van der Waals surface area (Å²) in [6, 6.07) is 7.97. The third kappa shape index (κ3) is 2.50. The molecule has 0 aliphatic carbocycles. The zero-order chi connectivity index (χ0) is 12.3. The largest absolute Gasteiger partial charge is 0.505 e. The molecule has 0 spiro atoms. The molecule has 0 bridgehead atoms. The minimum absolute atomic E-state index is 0.350. The third-order valence-corrected chi connectivity index (χ3v) is 2.45. The molecule has 0 aliphatic rings. The zero-order valence-corrected chi connectivity index (χ0v) is 9.23. The first-order valence-electron chi connectivity index (χ1n) is 5.25. The Morgan fingerprint density at radius 1 is 1.29 bits per heavy atom. The number of benzene rings is 1. The van der Waals surface area contributed by atoms with Crippen LogP contribution in [0, 0.1) is 5.82 Å². The van der Waals surface area contributed by atoms with Crippen LogP contribution in [-0.4, -0.2) is 10.1 Å². The van der Waals surface area contributed by atoms with Gasteiger partial charge in [0.25, 0.3) is 0 Å². The second kappa shape index (κ2) is 4.78. The maximum atomic E-state index is 13.2. The molecule has 1 aromatic carbocycles. The van der Waals surface area contributed by atoms with Crippen LogP contribution in [0.5, 0.6) is 5.75 Å². The Hall–Kier alpha value is -2.16. The van der Waals surface area contributed by atoms with Crippen molar-refractivity contribution >= 4 is 0 Å². The smallest absolute Gasteiger partial charge is 0.165 e. The highest BCUT2D eigenvalue weighted by Gasteiger charge is 2.04. The Bertz CT molecular complexity index is 534. The van der Waals surface area contributed by atoms with Gasteiger partial charge in [-0.15, -0.1) is 6.58 Å². The van der Waals surface area contributed by atoms with E-state index in [0.717, 1.165) is 12.0 Å². The molecule has 2 rings (SSSR count). The highest BCUT2D eigenvalue weighted by Crippen LogP contribution is 2.23. The monoisotopic (exact) mass is 229 g/mol. The Kier molecular flexibility index (Phi) is 3.19. The van der Waals surface area contributed by atoms with Crippen LogP contribution in [0.25, 0.3) is 11.3 Å². The lowest BCUT2D eigenvalue weighted by Crippen LogP contribution is -1.88. The van der Waals surface area contributed by atoms with Gasteiger partial charge in [0.05, 0.1) is 5.69 Å². The van der Waals surface area contributed by atoms with Crippen molar-refractivity contribution in [3.8, 4) is 17.0 Å². The molecule has 3 heteroatoms. The summed E-state index contributed by atoms with van der Waals surface area (Å²) in [4.78, 5) is 4.24. The van der Waals surface area contributed by atoms with Crippen LogP contribution in [0.3, 0.4) is 0 Å². The van der Waals surface area contributed by atoms with Gasteiger partial charge >= 0.3 is 0 Å². The normalized spacial score (nSPS) is 10.2. The molecule has 0 radical (unpaired) electrons. The van der Waals surface area contributed by atoms with Crippen molar-refractivity contribution in [3.63, 3.8) is 0 Å². The van der Waals surface area contributed by atoms with Crippen LogP contribution in [0.2, 0.25) is 0 Å². The molecule has 86 valence electrons. The molecule has 1 N–H and O–H groups in total. The molecule has 0 atom stereocenters. The van der Waals surface area contributed by atoms with E-state index in [4.69, 9.17) is 5.11 Å². The van der Waals surface area contributed by atoms with Crippen LogP contribution in [0.15, 0.2) is 49.2 Å². The predicted octanol–water partition coefficient (Wildman–Crippen LogP) is 3.32. The van der Waals surface area contributed by atoms with Gasteiger partial charge in [-0.05, 0) is 36.2 Å². The van der Waals surface area contributed by atoms with Gasteiger partial charge in [-0.25, -0.2) is 4.39 Å². The van der Waals surface area contributed by atoms with Crippen LogP contribution in [-0.2, 0) is 6.42 Å². The van der Waals surface area contributed by atoms with E-state index in [1.54, 1.807) is 18.3 Å². The van der Waals surface area contributed by atoms with Gasteiger partial charge in [-0.2, -0.15) is 0 Å². The summed E-state index contributed by atoms with van der Waals surface area (Å²) in [6.45, 7) is 3.65. The topological polar surface area (TPSA) is 33.1 Å². The number of rotatable bonds is 3. The number of phenolic OH excluding ortho intramolecular Hbond substituents is 1. The van der Waals surface area contributed by atoms with Gasteiger partial charge in [0.2, 0.25) is 0 Å². The minimum Gasteiger partial charge on any atom is -0.505 e. The first-order chi connectivity index (χ1) is 8.20. The van der Waals surface area contributed by atoms with Crippen molar-refractivity contribution in [1.29, 1.82) is 0 Å². The maximum Gasteiger partial charge on any atom is 0.165 e. The molecule has 0 unspecified atom stereocenters. The number of hydrogen-bond acceptors (Lipinski definition) is 2. The zero-order valence-electron chi connectivity index (χ0n) is 9.23. The summed E-state index contributed by atoms with van der Waals surface area (Å²) in [5.41, 5.74) is 2.38. The van der Waals surface area contributed by atoms with Gasteiger partial charge < -0.3 is 5.11 Å². The van der Waals surface area contributed by atoms with Crippen LogP contribution in [0.4, 0.5) is 4.39 Å². The van der Waals surface area contributed by atoms with Crippen molar-refractivity contribution in [1.82, 2.24) is 4.98 Å². The number of halogens is 1. The van der Waals surface area contributed by atoms with Crippen molar-refractivity contribution in [2.24, 2.45) is 0 Å². The van der Waals surface area contributed by atoms with E-state index >= 15 is 0 Å². The molecule has 1 heterocycles. The molecule has 0 saturated carbocycles. The van der Waals surface area contributed by atoms with Gasteiger partial charge in [-0.1, -0.05) is 12.1 Å². The number of pyridine rings is 1. The average molecular weight is 229 g/mol. The van der Waals surface area contributed by atoms with E-state index in [1.165, 1.54) is 12.1 Å². The fraction of sp³-hybridized carbons (Fsp3) is 0.0714.